The lowest BCUT2D eigenvalue weighted by Crippen LogP contribution is -2.44. The molecule has 2 aliphatic heterocycles. The van der Waals surface area contributed by atoms with Crippen LogP contribution in [0.15, 0.2) is 0 Å². The first-order valence-corrected chi connectivity index (χ1v) is 8.00. The van der Waals surface area contributed by atoms with E-state index in [2.05, 4.69) is 10.2 Å². The zero-order valence-electron chi connectivity index (χ0n) is 12.7. The van der Waals surface area contributed by atoms with Gasteiger partial charge in [0.25, 0.3) is 0 Å². The number of aliphatic hydroxyl groups is 1. The highest BCUT2D eigenvalue weighted by atomic mass is 16.5. The molecule has 2 saturated heterocycles. The quantitative estimate of drug-likeness (QED) is 0.636. The molecule has 0 spiro atoms. The summed E-state index contributed by atoms with van der Waals surface area (Å²) in [5.41, 5.74) is 0. The van der Waals surface area contributed by atoms with Crippen LogP contribution in [0.4, 0.5) is 0 Å². The predicted molar refractivity (Wildman–Crippen MR) is 78.9 cm³/mol. The zero-order chi connectivity index (χ0) is 14.2. The lowest BCUT2D eigenvalue weighted by atomic mass is 9.88. The maximum Gasteiger partial charge on any atom is 0.0900 e. The van der Waals surface area contributed by atoms with E-state index in [0.717, 1.165) is 31.6 Å². The largest absolute Gasteiger partial charge is 0.389 e. The first-order chi connectivity index (χ1) is 9.79. The van der Waals surface area contributed by atoms with Gasteiger partial charge in [0, 0.05) is 19.7 Å². The number of β-amino-alcohol motifs (C(OH)–C–C–N with tert-alkyl or cyclic N) is 1. The number of piperidine rings is 1. The summed E-state index contributed by atoms with van der Waals surface area (Å²) in [4.78, 5) is 2.37. The second-order valence-electron chi connectivity index (χ2n) is 6.06. The number of nitrogens with zero attached hydrogens (tertiary/aromatic N) is 1. The van der Waals surface area contributed by atoms with E-state index in [9.17, 15) is 5.11 Å². The molecule has 2 heterocycles. The lowest BCUT2D eigenvalue weighted by Gasteiger charge is -2.35. The van der Waals surface area contributed by atoms with Gasteiger partial charge in [-0.15, -0.1) is 0 Å². The Balaban J connectivity index is 1.56. The fourth-order valence-electron chi connectivity index (χ4n) is 3.36. The van der Waals surface area contributed by atoms with Gasteiger partial charge in [0.05, 0.1) is 25.9 Å². The molecule has 2 fully saturated rings. The topological polar surface area (TPSA) is 54.0 Å². The summed E-state index contributed by atoms with van der Waals surface area (Å²) in [7, 11) is 1.66. The van der Waals surface area contributed by atoms with Crippen molar-refractivity contribution in [3.63, 3.8) is 0 Å². The molecule has 0 bridgehead atoms. The predicted octanol–water partition coefficient (Wildman–Crippen LogP) is 0.474. The molecule has 0 saturated carbocycles. The Bertz CT molecular complexity index is 252. The van der Waals surface area contributed by atoms with Crippen molar-refractivity contribution in [2.24, 2.45) is 5.92 Å². The molecule has 2 rings (SSSR count). The van der Waals surface area contributed by atoms with Crippen molar-refractivity contribution < 1.29 is 14.6 Å². The van der Waals surface area contributed by atoms with E-state index in [1.807, 2.05) is 0 Å². The van der Waals surface area contributed by atoms with Gasteiger partial charge in [0.1, 0.15) is 0 Å². The van der Waals surface area contributed by atoms with Crippen LogP contribution in [-0.2, 0) is 9.47 Å². The van der Waals surface area contributed by atoms with Crippen molar-refractivity contribution in [3.8, 4) is 0 Å². The lowest BCUT2D eigenvalue weighted by molar-refractivity contribution is -0.00529. The molecule has 2 N–H and O–H groups in total. The highest BCUT2D eigenvalue weighted by Gasteiger charge is 2.28. The third-order valence-corrected chi connectivity index (χ3v) is 4.51. The number of hydrogen-bond acceptors (Lipinski definition) is 5. The summed E-state index contributed by atoms with van der Waals surface area (Å²) in [6, 6.07) is 0.749. The van der Waals surface area contributed by atoms with Crippen molar-refractivity contribution in [3.05, 3.63) is 0 Å². The van der Waals surface area contributed by atoms with Gasteiger partial charge in [-0.1, -0.05) is 0 Å². The van der Waals surface area contributed by atoms with Crippen molar-refractivity contribution >= 4 is 0 Å². The summed E-state index contributed by atoms with van der Waals surface area (Å²) >= 11 is 0. The number of nitrogens with one attached hydrogen (secondary N) is 1. The van der Waals surface area contributed by atoms with Crippen LogP contribution >= 0.6 is 0 Å². The van der Waals surface area contributed by atoms with Crippen LogP contribution in [0, 0.1) is 5.92 Å². The fourth-order valence-corrected chi connectivity index (χ4v) is 3.36. The van der Waals surface area contributed by atoms with Gasteiger partial charge in [-0.3, -0.25) is 0 Å². The van der Waals surface area contributed by atoms with Crippen LogP contribution in [0.2, 0.25) is 0 Å². The van der Waals surface area contributed by atoms with Crippen molar-refractivity contribution in [1.82, 2.24) is 10.2 Å². The summed E-state index contributed by atoms with van der Waals surface area (Å²) in [5, 5.41) is 13.6. The molecule has 0 aromatic rings. The molecule has 0 aromatic carbocycles. The van der Waals surface area contributed by atoms with Gasteiger partial charge >= 0.3 is 0 Å². The first kappa shape index (κ1) is 16.2. The fraction of sp³-hybridized carbons (Fsp3) is 1.00. The van der Waals surface area contributed by atoms with Gasteiger partial charge in [-0.25, -0.2) is 0 Å². The molecule has 5 heteroatoms. The number of ether oxygens (including phenoxy) is 2. The smallest absolute Gasteiger partial charge is 0.0900 e. The maximum absolute atomic E-state index is 9.96. The van der Waals surface area contributed by atoms with E-state index in [-0.39, 0.29) is 6.10 Å². The van der Waals surface area contributed by atoms with Gasteiger partial charge in [-0.05, 0) is 51.2 Å². The molecule has 2 aliphatic rings. The second-order valence-corrected chi connectivity index (χ2v) is 6.06. The Morgan fingerprint density at radius 3 is 2.70 bits per heavy atom. The maximum atomic E-state index is 9.96. The van der Waals surface area contributed by atoms with Crippen LogP contribution in [-0.4, -0.2) is 75.3 Å². The van der Waals surface area contributed by atoms with Crippen LogP contribution in [0.25, 0.3) is 0 Å². The van der Waals surface area contributed by atoms with Crippen LogP contribution in [0.1, 0.15) is 25.7 Å². The molecule has 20 heavy (non-hydrogen) atoms. The van der Waals surface area contributed by atoms with Gasteiger partial charge in [0.15, 0.2) is 0 Å². The Kier molecular flexibility index (Phi) is 7.24. The van der Waals surface area contributed by atoms with Crippen LogP contribution in [0.3, 0.4) is 0 Å². The summed E-state index contributed by atoms with van der Waals surface area (Å²) < 4.78 is 10.3. The highest BCUT2D eigenvalue weighted by Crippen LogP contribution is 2.25. The number of rotatable bonds is 8. The summed E-state index contributed by atoms with van der Waals surface area (Å²) in [6.45, 7) is 5.71. The van der Waals surface area contributed by atoms with Gasteiger partial charge in [0.2, 0.25) is 0 Å². The minimum atomic E-state index is -0.381. The Morgan fingerprint density at radius 1 is 1.25 bits per heavy atom. The molecular formula is C15H30N2O3. The molecule has 2 atom stereocenters. The average Bonchev–Trinajstić information content (AvgIpc) is 2.99. The molecular weight excluding hydrogens is 256 g/mol. The molecule has 2 unspecified atom stereocenters. The Labute approximate surface area is 122 Å². The Morgan fingerprint density at radius 2 is 2.05 bits per heavy atom. The van der Waals surface area contributed by atoms with Crippen molar-refractivity contribution in [1.29, 1.82) is 0 Å². The molecule has 5 nitrogen and oxygen atoms in total. The normalized spacial score (nSPS) is 27.0. The minimum Gasteiger partial charge on any atom is -0.389 e. The summed E-state index contributed by atoms with van der Waals surface area (Å²) in [5.74, 6) is 0.837. The number of methoxy groups -OCH3 is 1. The SMILES string of the molecule is COCCOCC(O)CN1CCC(C2CCCN2)CC1. The van der Waals surface area contributed by atoms with E-state index < -0.39 is 0 Å². The summed E-state index contributed by atoms with van der Waals surface area (Å²) in [6.07, 6.45) is 4.82. The van der Waals surface area contributed by atoms with Crippen molar-refractivity contribution in [2.45, 2.75) is 37.8 Å². The van der Waals surface area contributed by atoms with Crippen molar-refractivity contribution in [2.75, 3.05) is 53.1 Å². The van der Waals surface area contributed by atoms with E-state index >= 15 is 0 Å². The molecule has 0 radical (unpaired) electrons. The van der Waals surface area contributed by atoms with E-state index in [1.54, 1.807) is 7.11 Å². The number of hydrogen-bond donors (Lipinski definition) is 2. The van der Waals surface area contributed by atoms with E-state index in [1.165, 1.54) is 32.2 Å². The average molecular weight is 286 g/mol. The molecule has 118 valence electrons. The number of likely N-dealkylation sites (tertiary alicyclic amines) is 1. The highest BCUT2D eigenvalue weighted by molar-refractivity contribution is 4.85. The van der Waals surface area contributed by atoms with Crippen LogP contribution < -0.4 is 5.32 Å². The monoisotopic (exact) mass is 286 g/mol. The number of aliphatic hydroxyl groups excluding tert-OH is 1. The Hall–Kier alpha value is -0.200. The van der Waals surface area contributed by atoms with Crippen LogP contribution in [0.5, 0.6) is 0 Å². The third kappa shape index (κ3) is 5.30. The molecule has 0 aromatic heterocycles. The third-order valence-electron chi connectivity index (χ3n) is 4.51. The standard InChI is InChI=1S/C15H30N2O3/c1-19-9-10-20-12-14(18)11-17-7-4-13(5-8-17)15-3-2-6-16-15/h13-16,18H,2-12H2,1H3. The van der Waals surface area contributed by atoms with E-state index in [4.69, 9.17) is 9.47 Å². The first-order valence-electron chi connectivity index (χ1n) is 8.00. The van der Waals surface area contributed by atoms with Gasteiger partial charge in [-0.2, -0.15) is 0 Å². The van der Waals surface area contributed by atoms with Gasteiger partial charge < -0.3 is 24.8 Å². The van der Waals surface area contributed by atoms with E-state index in [0.29, 0.717) is 19.8 Å². The molecule has 0 amide bonds. The molecule has 0 aliphatic carbocycles. The zero-order valence-corrected chi connectivity index (χ0v) is 12.7. The second kappa shape index (κ2) is 8.95. The minimum absolute atomic E-state index is 0.381.